The molecule has 3 heteroatoms. The van der Waals surface area contributed by atoms with E-state index in [9.17, 15) is 4.79 Å². The Hall–Kier alpha value is -0.410. The Morgan fingerprint density at radius 2 is 1.85 bits per heavy atom. The predicted octanol–water partition coefficient (Wildman–Crippen LogP) is 3.56. The lowest BCUT2D eigenvalue weighted by atomic mass is 9.93. The van der Waals surface area contributed by atoms with Crippen LogP contribution in [0.5, 0.6) is 0 Å². The molecule has 1 aromatic carbocycles. The van der Waals surface area contributed by atoms with Crippen molar-refractivity contribution in [1.29, 1.82) is 0 Å². The second-order valence-electron chi connectivity index (χ2n) is 5.86. The van der Waals surface area contributed by atoms with Gasteiger partial charge in [0.05, 0.1) is 0 Å². The number of aryl methyl sites for hydroxylation is 2. The van der Waals surface area contributed by atoms with Crippen LogP contribution in [0.1, 0.15) is 39.9 Å². The van der Waals surface area contributed by atoms with Crippen molar-refractivity contribution >= 4 is 28.4 Å². The van der Waals surface area contributed by atoms with Crippen molar-refractivity contribution in [1.82, 2.24) is 0 Å². The normalized spacial score (nSPS) is 24.3. The van der Waals surface area contributed by atoms with Gasteiger partial charge >= 0.3 is 0 Å². The molecular formula is C17H23OS2+. The summed E-state index contributed by atoms with van der Waals surface area (Å²) in [5.74, 6) is 5.51. The van der Waals surface area contributed by atoms with Gasteiger partial charge in [-0.15, -0.1) is 0 Å². The highest BCUT2D eigenvalue weighted by Gasteiger charge is 2.40. The van der Waals surface area contributed by atoms with E-state index in [0.717, 1.165) is 18.4 Å². The van der Waals surface area contributed by atoms with Gasteiger partial charge in [0, 0.05) is 23.5 Å². The van der Waals surface area contributed by atoms with E-state index in [1.807, 2.05) is 0 Å². The van der Waals surface area contributed by atoms with Crippen molar-refractivity contribution in [3.05, 3.63) is 34.4 Å². The lowest BCUT2D eigenvalue weighted by Gasteiger charge is -2.21. The molecule has 0 aromatic heterocycles. The second-order valence-corrected chi connectivity index (χ2v) is 9.54. The second kappa shape index (κ2) is 6.15. The lowest BCUT2D eigenvalue weighted by molar-refractivity contribution is 0.0987. The van der Waals surface area contributed by atoms with Crippen LogP contribution >= 0.6 is 11.8 Å². The number of Topliss-reactive ketones (excluding diaryl/α,β-unsaturated/α-hetero) is 1. The highest BCUT2D eigenvalue weighted by Crippen LogP contribution is 2.31. The van der Waals surface area contributed by atoms with Gasteiger partial charge in [0.15, 0.2) is 5.25 Å². The van der Waals surface area contributed by atoms with E-state index in [1.165, 1.54) is 46.1 Å². The molecule has 1 aromatic rings. The van der Waals surface area contributed by atoms with Gasteiger partial charge in [-0.1, -0.05) is 12.1 Å². The van der Waals surface area contributed by atoms with Crippen molar-refractivity contribution in [2.24, 2.45) is 0 Å². The number of hydrogen-bond acceptors (Lipinski definition) is 2. The van der Waals surface area contributed by atoms with Crippen LogP contribution in [-0.4, -0.2) is 34.0 Å². The first-order chi connectivity index (χ1) is 9.68. The van der Waals surface area contributed by atoms with Crippen molar-refractivity contribution < 1.29 is 4.79 Å². The Morgan fingerprint density at radius 1 is 1.15 bits per heavy atom. The molecule has 1 atom stereocenters. The first-order valence-corrected chi connectivity index (χ1v) is 10.3. The maximum Gasteiger partial charge on any atom is 0.215 e. The van der Waals surface area contributed by atoms with Gasteiger partial charge in [-0.3, -0.25) is 4.79 Å². The van der Waals surface area contributed by atoms with Crippen molar-refractivity contribution in [3.8, 4) is 0 Å². The van der Waals surface area contributed by atoms with Gasteiger partial charge in [0.25, 0.3) is 0 Å². The molecule has 0 N–H and O–H groups in total. The molecule has 0 radical (unpaired) electrons. The summed E-state index contributed by atoms with van der Waals surface area (Å²) in [6, 6.07) is 4.32. The Labute approximate surface area is 129 Å². The first-order valence-electron chi connectivity index (χ1n) is 7.56. The largest absolute Gasteiger partial charge is 0.288 e. The third kappa shape index (κ3) is 2.67. The molecule has 1 nitrogen and oxygen atoms in total. The summed E-state index contributed by atoms with van der Waals surface area (Å²) in [5.41, 5.74) is 4.92. The quantitative estimate of drug-likeness (QED) is 0.583. The Morgan fingerprint density at radius 3 is 2.60 bits per heavy atom. The Kier molecular flexibility index (Phi) is 4.46. The van der Waals surface area contributed by atoms with Crippen LogP contribution in [0.4, 0.5) is 0 Å². The molecule has 0 saturated carbocycles. The highest BCUT2D eigenvalue weighted by atomic mass is 32.2. The van der Waals surface area contributed by atoms with Crippen LogP contribution in [-0.2, 0) is 17.3 Å². The topological polar surface area (TPSA) is 17.1 Å². The van der Waals surface area contributed by atoms with E-state index in [2.05, 4.69) is 37.7 Å². The number of carbonyl (C=O) groups excluding carboxylic acids is 1. The molecular weight excluding hydrogens is 284 g/mol. The molecule has 2 aliphatic rings. The Balaban J connectivity index is 1.96. The molecule has 1 heterocycles. The van der Waals surface area contributed by atoms with E-state index >= 15 is 0 Å². The highest BCUT2D eigenvalue weighted by molar-refractivity contribution is 8.05. The van der Waals surface area contributed by atoms with Crippen LogP contribution in [0.2, 0.25) is 0 Å². The van der Waals surface area contributed by atoms with E-state index in [1.54, 1.807) is 0 Å². The summed E-state index contributed by atoms with van der Waals surface area (Å²) in [7, 11) is 0.335. The van der Waals surface area contributed by atoms with Crippen LogP contribution in [0.25, 0.3) is 0 Å². The summed E-state index contributed by atoms with van der Waals surface area (Å²) in [5, 5.41) is 0.317. The molecule has 20 heavy (non-hydrogen) atoms. The summed E-state index contributed by atoms with van der Waals surface area (Å²) < 4.78 is 0. The molecule has 0 amide bonds. The fraction of sp³-hybridized carbons (Fsp3) is 0.588. The molecule has 1 saturated heterocycles. The van der Waals surface area contributed by atoms with Crippen molar-refractivity contribution in [2.45, 2.75) is 38.4 Å². The number of thioether (sulfide) groups is 1. The fourth-order valence-electron chi connectivity index (χ4n) is 3.43. The molecule has 0 spiro atoms. The lowest BCUT2D eigenvalue weighted by Crippen LogP contribution is -2.37. The van der Waals surface area contributed by atoms with Crippen molar-refractivity contribution in [3.63, 3.8) is 0 Å². The van der Waals surface area contributed by atoms with E-state index in [0.29, 0.717) is 21.9 Å². The number of ketones is 1. The van der Waals surface area contributed by atoms with E-state index < -0.39 is 0 Å². The Bertz CT molecular complexity index is 518. The third-order valence-electron chi connectivity index (χ3n) is 4.57. The smallest absolute Gasteiger partial charge is 0.215 e. The minimum atomic E-state index is 0.317. The van der Waals surface area contributed by atoms with E-state index in [4.69, 9.17) is 0 Å². The summed E-state index contributed by atoms with van der Waals surface area (Å²) in [6.45, 7) is 4.27. The molecule has 108 valence electrons. The number of benzene rings is 1. The monoisotopic (exact) mass is 307 g/mol. The minimum Gasteiger partial charge on any atom is -0.288 e. The van der Waals surface area contributed by atoms with Gasteiger partial charge in [0.2, 0.25) is 5.78 Å². The third-order valence-corrected chi connectivity index (χ3v) is 8.78. The summed E-state index contributed by atoms with van der Waals surface area (Å²) in [4.78, 5) is 13.1. The zero-order valence-corrected chi connectivity index (χ0v) is 14.0. The first kappa shape index (κ1) is 14.5. The average molecular weight is 308 g/mol. The maximum atomic E-state index is 13.1. The standard InChI is InChI=1S/C17H23OS2/c1-12-6-7-13(2)16-14(12)4-3-5-15(17(16)18)20-10-8-19-9-11-20/h6-7,15H,3-5,8-11H2,1-2H3/q+1. The van der Waals surface area contributed by atoms with Gasteiger partial charge in [-0.25, -0.2) is 0 Å². The predicted molar refractivity (Wildman–Crippen MR) is 91.4 cm³/mol. The zero-order valence-electron chi connectivity index (χ0n) is 12.4. The molecule has 3 rings (SSSR count). The van der Waals surface area contributed by atoms with Gasteiger partial charge in [-0.2, -0.15) is 11.8 Å². The molecule has 0 bridgehead atoms. The minimum absolute atomic E-state index is 0.317. The van der Waals surface area contributed by atoms with Crippen LogP contribution in [0.15, 0.2) is 12.1 Å². The van der Waals surface area contributed by atoms with Crippen molar-refractivity contribution in [2.75, 3.05) is 23.0 Å². The zero-order chi connectivity index (χ0) is 14.1. The van der Waals surface area contributed by atoms with Crippen LogP contribution in [0, 0.1) is 13.8 Å². The van der Waals surface area contributed by atoms with Gasteiger partial charge < -0.3 is 0 Å². The molecule has 1 aliphatic carbocycles. The molecule has 1 unspecified atom stereocenters. The van der Waals surface area contributed by atoms with E-state index in [-0.39, 0.29) is 0 Å². The molecule has 1 fully saturated rings. The van der Waals surface area contributed by atoms with Crippen LogP contribution in [0.3, 0.4) is 0 Å². The summed E-state index contributed by atoms with van der Waals surface area (Å²) >= 11 is 2.06. The van der Waals surface area contributed by atoms with Gasteiger partial charge in [-0.05, 0) is 54.3 Å². The number of fused-ring (bicyclic) bond motifs is 1. The number of rotatable bonds is 1. The summed E-state index contributed by atoms with van der Waals surface area (Å²) in [6.07, 6.45) is 3.39. The molecule has 1 aliphatic heterocycles. The average Bonchev–Trinajstić information content (AvgIpc) is 2.64. The maximum absolute atomic E-state index is 13.1. The number of carbonyl (C=O) groups is 1. The van der Waals surface area contributed by atoms with Crippen LogP contribution < -0.4 is 0 Å². The SMILES string of the molecule is Cc1ccc(C)c2c1CCCC([S+]1CCSCC1)C2=O. The van der Waals surface area contributed by atoms with Gasteiger partial charge in [0.1, 0.15) is 11.5 Å². The fourth-order valence-corrected chi connectivity index (χ4v) is 7.98. The number of hydrogen-bond donors (Lipinski definition) is 0.